The van der Waals surface area contributed by atoms with Crippen LogP contribution in [0.5, 0.6) is 0 Å². The number of nitrogens with one attached hydrogen (secondary N) is 1. The Morgan fingerprint density at radius 1 is 1.24 bits per heavy atom. The van der Waals surface area contributed by atoms with Gasteiger partial charge in [0.1, 0.15) is 10.5 Å². The van der Waals surface area contributed by atoms with Crippen molar-refractivity contribution in [1.29, 1.82) is 0 Å². The lowest BCUT2D eigenvalue weighted by atomic mass is 10.0. The van der Waals surface area contributed by atoms with Gasteiger partial charge in [0.05, 0.1) is 5.69 Å². The standard InChI is InChI=1S/C12H10ClFN2S/c1-6-7(2)12(17)16-15-11(6)8-3-9(13)5-10(14)4-8/h3-5H,1-2H3,(H,16,17). The first-order valence-corrected chi connectivity index (χ1v) is 5.80. The Kier molecular flexibility index (Phi) is 3.26. The molecule has 17 heavy (non-hydrogen) atoms. The number of hydrogen-bond donors (Lipinski definition) is 1. The van der Waals surface area contributed by atoms with Crippen molar-refractivity contribution < 1.29 is 4.39 Å². The molecule has 2 aromatic rings. The van der Waals surface area contributed by atoms with Gasteiger partial charge in [-0.1, -0.05) is 23.8 Å². The molecule has 0 aliphatic rings. The summed E-state index contributed by atoms with van der Waals surface area (Å²) in [6.45, 7) is 3.81. The quantitative estimate of drug-likeness (QED) is 0.785. The minimum Gasteiger partial charge on any atom is -0.267 e. The van der Waals surface area contributed by atoms with Gasteiger partial charge < -0.3 is 0 Å². The van der Waals surface area contributed by atoms with Crippen LogP contribution in [0.2, 0.25) is 5.02 Å². The van der Waals surface area contributed by atoms with Crippen molar-refractivity contribution in [2.45, 2.75) is 13.8 Å². The molecular formula is C12H10ClFN2S. The SMILES string of the molecule is Cc1c(-c2cc(F)cc(Cl)c2)n[nH]c(=S)c1C. The summed E-state index contributed by atoms with van der Waals surface area (Å²) in [6.07, 6.45) is 0. The predicted molar refractivity (Wildman–Crippen MR) is 69.3 cm³/mol. The summed E-state index contributed by atoms with van der Waals surface area (Å²) in [6, 6.07) is 4.34. The van der Waals surface area contributed by atoms with Crippen molar-refractivity contribution in [3.05, 3.63) is 44.8 Å². The highest BCUT2D eigenvalue weighted by Gasteiger charge is 2.09. The van der Waals surface area contributed by atoms with E-state index in [1.165, 1.54) is 12.1 Å². The van der Waals surface area contributed by atoms with Crippen LogP contribution < -0.4 is 0 Å². The van der Waals surface area contributed by atoms with Gasteiger partial charge in [0.25, 0.3) is 0 Å². The van der Waals surface area contributed by atoms with Crippen LogP contribution >= 0.6 is 23.8 Å². The van der Waals surface area contributed by atoms with E-state index in [1.807, 2.05) is 13.8 Å². The van der Waals surface area contributed by atoms with Crippen LogP contribution in [0, 0.1) is 24.3 Å². The third-order valence-corrected chi connectivity index (χ3v) is 3.28. The summed E-state index contributed by atoms with van der Waals surface area (Å²) < 4.78 is 13.9. The van der Waals surface area contributed by atoms with Crippen LogP contribution in [0.15, 0.2) is 18.2 Å². The molecule has 0 saturated carbocycles. The van der Waals surface area contributed by atoms with Gasteiger partial charge in [0, 0.05) is 10.6 Å². The second-order valence-corrected chi connectivity index (χ2v) is 4.65. The van der Waals surface area contributed by atoms with Gasteiger partial charge in [0.15, 0.2) is 0 Å². The summed E-state index contributed by atoms with van der Waals surface area (Å²) in [5.74, 6) is -0.381. The van der Waals surface area contributed by atoms with Crippen LogP contribution in [0.25, 0.3) is 11.3 Å². The molecule has 0 spiro atoms. The number of aromatic amines is 1. The minimum absolute atomic E-state index is 0.348. The normalized spacial score (nSPS) is 10.6. The number of nitrogens with zero attached hydrogens (tertiary/aromatic N) is 1. The third-order valence-electron chi connectivity index (χ3n) is 2.66. The average Bonchev–Trinajstić information content (AvgIpc) is 2.24. The summed E-state index contributed by atoms with van der Waals surface area (Å²) in [4.78, 5) is 0. The number of rotatable bonds is 1. The molecule has 5 heteroatoms. The Morgan fingerprint density at radius 2 is 1.94 bits per heavy atom. The first-order chi connectivity index (χ1) is 7.99. The third kappa shape index (κ3) is 2.37. The van der Waals surface area contributed by atoms with E-state index in [0.717, 1.165) is 11.1 Å². The zero-order valence-corrected chi connectivity index (χ0v) is 10.9. The fraction of sp³-hybridized carbons (Fsp3) is 0.167. The van der Waals surface area contributed by atoms with Crippen LogP contribution in [0.3, 0.4) is 0 Å². The molecule has 0 saturated heterocycles. The predicted octanol–water partition coefficient (Wildman–Crippen LogP) is 4.22. The Balaban J connectivity index is 2.69. The largest absolute Gasteiger partial charge is 0.267 e. The molecule has 88 valence electrons. The summed E-state index contributed by atoms with van der Waals surface area (Å²) in [7, 11) is 0. The van der Waals surface area contributed by atoms with E-state index >= 15 is 0 Å². The smallest absolute Gasteiger partial charge is 0.125 e. The molecule has 0 aliphatic carbocycles. The van der Waals surface area contributed by atoms with Gasteiger partial charge >= 0.3 is 0 Å². The molecule has 0 aliphatic heterocycles. The number of halogens is 2. The summed E-state index contributed by atoms with van der Waals surface area (Å²) in [5, 5.41) is 7.23. The molecule has 0 amide bonds. The molecule has 0 bridgehead atoms. The number of aromatic nitrogens is 2. The van der Waals surface area contributed by atoms with E-state index in [2.05, 4.69) is 10.2 Å². The molecule has 1 aromatic carbocycles. The second kappa shape index (κ2) is 4.55. The van der Waals surface area contributed by atoms with Crippen LogP contribution in [0.4, 0.5) is 4.39 Å². The fourth-order valence-electron chi connectivity index (χ4n) is 1.59. The van der Waals surface area contributed by atoms with Crippen LogP contribution in [-0.2, 0) is 0 Å². The van der Waals surface area contributed by atoms with Crippen molar-refractivity contribution in [3.63, 3.8) is 0 Å². The molecule has 1 heterocycles. The van der Waals surface area contributed by atoms with Crippen molar-refractivity contribution in [3.8, 4) is 11.3 Å². The van der Waals surface area contributed by atoms with E-state index in [1.54, 1.807) is 6.07 Å². The maximum absolute atomic E-state index is 13.3. The molecular weight excluding hydrogens is 259 g/mol. The lowest BCUT2D eigenvalue weighted by molar-refractivity contribution is 0.628. The van der Waals surface area contributed by atoms with Gasteiger partial charge in [-0.3, -0.25) is 5.10 Å². The Morgan fingerprint density at radius 3 is 2.59 bits per heavy atom. The number of H-pyrrole nitrogens is 1. The van der Waals surface area contributed by atoms with Crippen LogP contribution in [0.1, 0.15) is 11.1 Å². The van der Waals surface area contributed by atoms with E-state index in [0.29, 0.717) is 20.9 Å². The highest BCUT2D eigenvalue weighted by Crippen LogP contribution is 2.26. The second-order valence-electron chi connectivity index (χ2n) is 3.81. The Bertz CT molecular complexity index is 617. The van der Waals surface area contributed by atoms with Crippen molar-refractivity contribution in [2.75, 3.05) is 0 Å². The fourth-order valence-corrected chi connectivity index (χ4v) is 2.01. The maximum Gasteiger partial charge on any atom is 0.125 e. The van der Waals surface area contributed by atoms with Gasteiger partial charge in [0.2, 0.25) is 0 Å². The molecule has 2 rings (SSSR count). The van der Waals surface area contributed by atoms with Crippen molar-refractivity contribution >= 4 is 23.8 Å². The number of benzene rings is 1. The monoisotopic (exact) mass is 268 g/mol. The highest BCUT2D eigenvalue weighted by molar-refractivity contribution is 7.71. The molecule has 2 nitrogen and oxygen atoms in total. The lowest BCUT2D eigenvalue weighted by Gasteiger charge is -2.08. The Hall–Kier alpha value is -1.26. The molecule has 0 radical (unpaired) electrons. The van der Waals surface area contributed by atoms with E-state index in [9.17, 15) is 4.39 Å². The van der Waals surface area contributed by atoms with Gasteiger partial charge in [-0.25, -0.2) is 4.39 Å². The van der Waals surface area contributed by atoms with E-state index in [-0.39, 0.29) is 5.82 Å². The maximum atomic E-state index is 13.3. The van der Waals surface area contributed by atoms with Crippen molar-refractivity contribution in [1.82, 2.24) is 10.2 Å². The summed E-state index contributed by atoms with van der Waals surface area (Å²) >= 11 is 10.9. The van der Waals surface area contributed by atoms with Gasteiger partial charge in [-0.2, -0.15) is 5.10 Å². The van der Waals surface area contributed by atoms with Crippen LogP contribution in [-0.4, -0.2) is 10.2 Å². The minimum atomic E-state index is -0.381. The van der Waals surface area contributed by atoms with E-state index < -0.39 is 0 Å². The average molecular weight is 269 g/mol. The zero-order valence-electron chi connectivity index (χ0n) is 9.34. The molecule has 1 N–H and O–H groups in total. The van der Waals surface area contributed by atoms with Gasteiger partial charge in [-0.05, 0) is 43.2 Å². The molecule has 1 aromatic heterocycles. The highest BCUT2D eigenvalue weighted by atomic mass is 35.5. The molecule has 0 unspecified atom stereocenters. The summed E-state index contributed by atoms with van der Waals surface area (Å²) in [5.41, 5.74) is 3.17. The molecule has 0 fully saturated rings. The first-order valence-electron chi connectivity index (χ1n) is 5.01. The molecule has 0 atom stereocenters. The number of hydrogen-bond acceptors (Lipinski definition) is 2. The zero-order chi connectivity index (χ0) is 12.6. The van der Waals surface area contributed by atoms with E-state index in [4.69, 9.17) is 23.8 Å². The lowest BCUT2D eigenvalue weighted by Crippen LogP contribution is -1.96. The first kappa shape index (κ1) is 12.2. The van der Waals surface area contributed by atoms with Gasteiger partial charge in [-0.15, -0.1) is 0 Å². The van der Waals surface area contributed by atoms with Crippen molar-refractivity contribution in [2.24, 2.45) is 0 Å². The topological polar surface area (TPSA) is 28.7 Å². The Labute approximate surface area is 108 Å².